The fourth-order valence-corrected chi connectivity index (χ4v) is 2.27. The Kier molecular flexibility index (Phi) is 5.23. The van der Waals surface area contributed by atoms with E-state index in [9.17, 15) is 4.79 Å². The lowest BCUT2D eigenvalue weighted by molar-refractivity contribution is 0.0950. The molecule has 0 spiro atoms. The van der Waals surface area contributed by atoms with Gasteiger partial charge >= 0.3 is 0 Å². The fraction of sp³-hybridized carbons (Fsp3) is 0.111. The van der Waals surface area contributed by atoms with Crippen LogP contribution in [0, 0.1) is 0 Å². The maximum absolute atomic E-state index is 12.2. The third kappa shape index (κ3) is 3.86. The number of nitrogens with one attached hydrogen (secondary N) is 2. The van der Waals surface area contributed by atoms with E-state index in [1.54, 1.807) is 63.0 Å². The zero-order chi connectivity index (χ0) is 18.4. The van der Waals surface area contributed by atoms with Crippen LogP contribution in [0.25, 0.3) is 11.3 Å². The van der Waals surface area contributed by atoms with Crippen molar-refractivity contribution >= 4 is 12.1 Å². The first-order valence-electron chi connectivity index (χ1n) is 7.72. The van der Waals surface area contributed by atoms with Crippen molar-refractivity contribution in [3.05, 3.63) is 60.0 Å². The molecular formula is C18H17N5O3. The number of hydrogen-bond acceptors (Lipinski definition) is 6. The average molecular weight is 351 g/mol. The van der Waals surface area contributed by atoms with Gasteiger partial charge in [0.15, 0.2) is 0 Å². The predicted octanol–water partition coefficient (Wildman–Crippen LogP) is 2.25. The molecule has 2 N–H and O–H groups in total. The van der Waals surface area contributed by atoms with E-state index < -0.39 is 5.91 Å². The number of hydrazone groups is 1. The van der Waals surface area contributed by atoms with Gasteiger partial charge in [-0.15, -0.1) is 0 Å². The van der Waals surface area contributed by atoms with Gasteiger partial charge in [-0.25, -0.2) is 5.43 Å². The second-order valence-electron chi connectivity index (χ2n) is 5.21. The van der Waals surface area contributed by atoms with Crippen molar-refractivity contribution in [3.63, 3.8) is 0 Å². The van der Waals surface area contributed by atoms with Crippen molar-refractivity contribution in [2.75, 3.05) is 14.2 Å². The summed E-state index contributed by atoms with van der Waals surface area (Å²) in [5.41, 5.74) is 4.82. The number of nitrogens with zero attached hydrogens (tertiary/aromatic N) is 3. The Hall–Kier alpha value is -3.68. The van der Waals surface area contributed by atoms with Crippen LogP contribution in [0.1, 0.15) is 16.1 Å². The van der Waals surface area contributed by atoms with Crippen LogP contribution >= 0.6 is 0 Å². The Bertz CT molecular complexity index is 922. The van der Waals surface area contributed by atoms with Crippen LogP contribution in [0.2, 0.25) is 0 Å². The Morgan fingerprint density at radius 1 is 1.15 bits per heavy atom. The first-order chi connectivity index (χ1) is 12.7. The Morgan fingerprint density at radius 2 is 1.96 bits per heavy atom. The van der Waals surface area contributed by atoms with Crippen molar-refractivity contribution < 1.29 is 14.3 Å². The van der Waals surface area contributed by atoms with Gasteiger partial charge in [0.25, 0.3) is 5.91 Å². The zero-order valence-electron chi connectivity index (χ0n) is 14.3. The second kappa shape index (κ2) is 7.93. The highest BCUT2D eigenvalue weighted by Crippen LogP contribution is 2.32. The molecule has 0 aliphatic heterocycles. The molecule has 8 heteroatoms. The number of H-pyrrole nitrogens is 1. The number of aromatic amines is 1. The van der Waals surface area contributed by atoms with Gasteiger partial charge in [-0.1, -0.05) is 0 Å². The SMILES string of the molecule is COc1ccc(OC)c(-c2cc(C(=O)N/N=C/c3ccncc3)[nH]n2)c1. The molecule has 3 rings (SSSR count). The number of rotatable bonds is 6. The number of pyridine rings is 1. The largest absolute Gasteiger partial charge is 0.497 e. The average Bonchev–Trinajstić information content (AvgIpc) is 3.18. The van der Waals surface area contributed by atoms with E-state index in [1.165, 1.54) is 6.21 Å². The van der Waals surface area contributed by atoms with Crippen LogP contribution in [0.3, 0.4) is 0 Å². The van der Waals surface area contributed by atoms with E-state index in [0.717, 1.165) is 5.56 Å². The van der Waals surface area contributed by atoms with Crippen LogP contribution in [0.15, 0.2) is 53.9 Å². The van der Waals surface area contributed by atoms with Crippen LogP contribution in [-0.2, 0) is 0 Å². The van der Waals surface area contributed by atoms with E-state index in [-0.39, 0.29) is 5.69 Å². The summed E-state index contributed by atoms with van der Waals surface area (Å²) in [6.45, 7) is 0. The zero-order valence-corrected chi connectivity index (χ0v) is 14.3. The van der Waals surface area contributed by atoms with Crippen LogP contribution in [0.4, 0.5) is 0 Å². The van der Waals surface area contributed by atoms with E-state index >= 15 is 0 Å². The molecule has 0 saturated carbocycles. The molecule has 0 unspecified atom stereocenters. The normalized spacial score (nSPS) is 10.7. The molecule has 0 aliphatic carbocycles. The molecule has 0 radical (unpaired) electrons. The molecule has 0 bridgehead atoms. The maximum Gasteiger partial charge on any atom is 0.289 e. The van der Waals surface area contributed by atoms with E-state index in [0.29, 0.717) is 22.8 Å². The topological polar surface area (TPSA) is 101 Å². The van der Waals surface area contributed by atoms with Gasteiger partial charge in [-0.2, -0.15) is 10.2 Å². The highest BCUT2D eigenvalue weighted by atomic mass is 16.5. The van der Waals surface area contributed by atoms with Gasteiger partial charge in [-0.05, 0) is 42.0 Å². The summed E-state index contributed by atoms with van der Waals surface area (Å²) in [7, 11) is 3.15. The number of hydrogen-bond donors (Lipinski definition) is 2. The van der Waals surface area contributed by atoms with Crippen molar-refractivity contribution in [1.29, 1.82) is 0 Å². The minimum atomic E-state index is -0.407. The molecule has 1 aromatic carbocycles. The molecule has 8 nitrogen and oxygen atoms in total. The first-order valence-corrected chi connectivity index (χ1v) is 7.72. The summed E-state index contributed by atoms with van der Waals surface area (Å²) in [5, 5.41) is 10.8. The standard InChI is InChI=1S/C18H17N5O3/c1-25-13-3-4-17(26-2)14(9-13)15-10-16(22-21-15)18(24)23-20-11-12-5-7-19-8-6-12/h3-11H,1-2H3,(H,21,22)(H,23,24)/b20-11+. The van der Waals surface area contributed by atoms with E-state index in [1.807, 2.05) is 0 Å². The summed E-state index contributed by atoms with van der Waals surface area (Å²) in [4.78, 5) is 16.1. The van der Waals surface area contributed by atoms with E-state index in [4.69, 9.17) is 9.47 Å². The molecule has 0 aliphatic rings. The molecule has 3 aromatic rings. The molecular weight excluding hydrogens is 334 g/mol. The molecule has 26 heavy (non-hydrogen) atoms. The van der Waals surface area contributed by atoms with Crippen LogP contribution < -0.4 is 14.9 Å². The van der Waals surface area contributed by atoms with Gasteiger partial charge in [0.05, 0.1) is 26.1 Å². The second-order valence-corrected chi connectivity index (χ2v) is 5.21. The van der Waals surface area contributed by atoms with Crippen LogP contribution in [0.5, 0.6) is 11.5 Å². The van der Waals surface area contributed by atoms with Crippen molar-refractivity contribution in [1.82, 2.24) is 20.6 Å². The van der Waals surface area contributed by atoms with Gasteiger partial charge in [0.2, 0.25) is 0 Å². The lowest BCUT2D eigenvalue weighted by Gasteiger charge is -2.08. The van der Waals surface area contributed by atoms with E-state index in [2.05, 4.69) is 25.7 Å². The van der Waals surface area contributed by atoms with Gasteiger partial charge in [-0.3, -0.25) is 14.9 Å². The minimum absolute atomic E-state index is 0.275. The quantitative estimate of drug-likeness (QED) is 0.524. The summed E-state index contributed by atoms with van der Waals surface area (Å²) >= 11 is 0. The number of benzene rings is 1. The number of amides is 1. The molecule has 0 atom stereocenters. The van der Waals surface area contributed by atoms with Crippen LogP contribution in [-0.4, -0.2) is 41.5 Å². The Morgan fingerprint density at radius 3 is 2.69 bits per heavy atom. The fourth-order valence-electron chi connectivity index (χ4n) is 2.27. The molecule has 132 valence electrons. The summed E-state index contributed by atoms with van der Waals surface area (Å²) in [6, 6.07) is 10.5. The Labute approximate surface area is 149 Å². The number of carbonyl (C=O) groups is 1. The van der Waals surface area contributed by atoms with Gasteiger partial charge in [0, 0.05) is 18.0 Å². The van der Waals surface area contributed by atoms with Gasteiger partial charge < -0.3 is 9.47 Å². The number of aromatic nitrogens is 3. The molecule has 1 amide bonds. The Balaban J connectivity index is 1.75. The summed E-state index contributed by atoms with van der Waals surface area (Å²) in [5.74, 6) is 0.882. The molecule has 0 fully saturated rings. The molecule has 0 saturated heterocycles. The van der Waals surface area contributed by atoms with Gasteiger partial charge in [0.1, 0.15) is 17.2 Å². The number of carbonyl (C=O) groups excluding carboxylic acids is 1. The molecule has 2 aromatic heterocycles. The van der Waals surface area contributed by atoms with Crippen molar-refractivity contribution in [3.8, 4) is 22.8 Å². The highest BCUT2D eigenvalue weighted by Gasteiger charge is 2.14. The maximum atomic E-state index is 12.2. The third-order valence-corrected chi connectivity index (χ3v) is 3.59. The monoisotopic (exact) mass is 351 g/mol. The minimum Gasteiger partial charge on any atom is -0.497 e. The molecule has 2 heterocycles. The summed E-state index contributed by atoms with van der Waals surface area (Å²) in [6.07, 6.45) is 4.82. The predicted molar refractivity (Wildman–Crippen MR) is 96.4 cm³/mol. The smallest absolute Gasteiger partial charge is 0.289 e. The number of methoxy groups -OCH3 is 2. The lowest BCUT2D eigenvalue weighted by Crippen LogP contribution is -2.17. The number of ether oxygens (including phenoxy) is 2. The summed E-state index contributed by atoms with van der Waals surface area (Å²) < 4.78 is 10.6. The van der Waals surface area contributed by atoms with Crippen molar-refractivity contribution in [2.45, 2.75) is 0 Å². The first kappa shape index (κ1) is 17.2. The highest BCUT2D eigenvalue weighted by molar-refractivity contribution is 5.94. The third-order valence-electron chi connectivity index (χ3n) is 3.59. The lowest BCUT2D eigenvalue weighted by atomic mass is 10.1. The van der Waals surface area contributed by atoms with Crippen molar-refractivity contribution in [2.24, 2.45) is 5.10 Å².